The van der Waals surface area contributed by atoms with Crippen molar-refractivity contribution in [2.75, 3.05) is 31.1 Å². The van der Waals surface area contributed by atoms with Gasteiger partial charge in [-0.25, -0.2) is 17.7 Å². The summed E-state index contributed by atoms with van der Waals surface area (Å²) in [5.41, 5.74) is 0. The standard InChI is InChI=1S/C20H21N3O5S2/c1-27-17-9-5-6-10-18(17)28-13-11-21-19(24)15-23(20-22-12-14-29-20)30(25,26)16-7-3-2-4-8-16/h2-10,12,14H,11,13,15H2,1H3,(H,21,24). The molecule has 0 atom stereocenters. The Morgan fingerprint density at radius 2 is 1.80 bits per heavy atom. The van der Waals surface area contributed by atoms with Crippen LogP contribution in [0.2, 0.25) is 0 Å². The third kappa shape index (κ3) is 5.28. The first kappa shape index (κ1) is 21.6. The first-order valence-corrected chi connectivity index (χ1v) is 11.3. The van der Waals surface area contributed by atoms with E-state index in [-0.39, 0.29) is 29.7 Å². The van der Waals surface area contributed by atoms with Crippen molar-refractivity contribution < 1.29 is 22.7 Å². The number of sulfonamides is 1. The predicted octanol–water partition coefficient (Wildman–Crippen LogP) is 2.54. The maximum Gasteiger partial charge on any atom is 0.266 e. The highest BCUT2D eigenvalue weighted by Gasteiger charge is 2.28. The summed E-state index contributed by atoms with van der Waals surface area (Å²) in [6, 6.07) is 15.1. The molecule has 0 aliphatic rings. The van der Waals surface area contributed by atoms with E-state index in [1.807, 2.05) is 12.1 Å². The van der Waals surface area contributed by atoms with Gasteiger partial charge < -0.3 is 14.8 Å². The lowest BCUT2D eigenvalue weighted by Crippen LogP contribution is -2.41. The van der Waals surface area contributed by atoms with Gasteiger partial charge >= 0.3 is 0 Å². The summed E-state index contributed by atoms with van der Waals surface area (Å²) in [6.45, 7) is 0.0160. The molecule has 10 heteroatoms. The summed E-state index contributed by atoms with van der Waals surface area (Å²) >= 11 is 1.14. The molecule has 0 spiro atoms. The molecule has 1 aromatic heterocycles. The van der Waals surface area contributed by atoms with Crippen LogP contribution in [0, 0.1) is 0 Å². The van der Waals surface area contributed by atoms with Gasteiger partial charge in [-0.05, 0) is 24.3 Å². The van der Waals surface area contributed by atoms with Gasteiger partial charge in [-0.3, -0.25) is 4.79 Å². The van der Waals surface area contributed by atoms with Gasteiger partial charge in [0.25, 0.3) is 10.0 Å². The Hall–Kier alpha value is -3.11. The van der Waals surface area contributed by atoms with Crippen LogP contribution in [-0.2, 0) is 14.8 Å². The molecule has 3 rings (SSSR count). The van der Waals surface area contributed by atoms with Crippen LogP contribution >= 0.6 is 11.3 Å². The van der Waals surface area contributed by atoms with Gasteiger partial charge in [-0.15, -0.1) is 11.3 Å². The molecule has 1 N–H and O–H groups in total. The van der Waals surface area contributed by atoms with Crippen molar-refractivity contribution in [2.45, 2.75) is 4.90 Å². The molecule has 0 aliphatic heterocycles. The second-order valence-corrected chi connectivity index (χ2v) is 8.72. The van der Waals surface area contributed by atoms with Gasteiger partial charge in [0.1, 0.15) is 13.2 Å². The minimum Gasteiger partial charge on any atom is -0.493 e. The number of benzene rings is 2. The quantitative estimate of drug-likeness (QED) is 0.480. The Morgan fingerprint density at radius 3 is 2.47 bits per heavy atom. The minimum atomic E-state index is -3.93. The van der Waals surface area contributed by atoms with Crippen LogP contribution in [0.25, 0.3) is 0 Å². The molecule has 1 heterocycles. The van der Waals surface area contributed by atoms with Crippen molar-refractivity contribution in [3.05, 3.63) is 66.2 Å². The number of para-hydroxylation sites is 2. The minimum absolute atomic E-state index is 0.0903. The number of aromatic nitrogens is 1. The monoisotopic (exact) mass is 447 g/mol. The Morgan fingerprint density at radius 1 is 1.10 bits per heavy atom. The normalized spacial score (nSPS) is 11.0. The number of anilines is 1. The number of carbonyl (C=O) groups is 1. The maximum atomic E-state index is 13.0. The van der Waals surface area contributed by atoms with Crippen LogP contribution in [-0.4, -0.2) is 46.1 Å². The number of hydrogen-bond donors (Lipinski definition) is 1. The van der Waals surface area contributed by atoms with Gasteiger partial charge in [0.2, 0.25) is 5.91 Å². The highest BCUT2D eigenvalue weighted by Crippen LogP contribution is 2.26. The van der Waals surface area contributed by atoms with E-state index in [4.69, 9.17) is 9.47 Å². The second-order valence-electron chi connectivity index (χ2n) is 5.99. The number of amides is 1. The average molecular weight is 448 g/mol. The fourth-order valence-corrected chi connectivity index (χ4v) is 4.86. The van der Waals surface area contributed by atoms with Gasteiger partial charge in [-0.1, -0.05) is 30.3 Å². The van der Waals surface area contributed by atoms with Crippen LogP contribution in [0.15, 0.2) is 71.1 Å². The molecule has 30 heavy (non-hydrogen) atoms. The lowest BCUT2D eigenvalue weighted by molar-refractivity contribution is -0.119. The number of hydrogen-bond acceptors (Lipinski definition) is 7. The van der Waals surface area contributed by atoms with Crippen molar-refractivity contribution in [3.8, 4) is 11.5 Å². The lowest BCUT2D eigenvalue weighted by Gasteiger charge is -2.21. The van der Waals surface area contributed by atoms with E-state index in [0.717, 1.165) is 15.6 Å². The van der Waals surface area contributed by atoms with Crippen molar-refractivity contribution in [1.29, 1.82) is 0 Å². The Labute approximate surface area is 179 Å². The second kappa shape index (κ2) is 10.1. The van der Waals surface area contributed by atoms with Crippen LogP contribution < -0.4 is 19.1 Å². The topological polar surface area (TPSA) is 97.8 Å². The first-order chi connectivity index (χ1) is 14.5. The summed E-state index contributed by atoms with van der Waals surface area (Å²) in [5, 5.41) is 4.55. The SMILES string of the molecule is COc1ccccc1OCCNC(=O)CN(c1nccs1)S(=O)(=O)c1ccccc1. The van der Waals surface area contributed by atoms with E-state index in [1.165, 1.54) is 18.3 Å². The van der Waals surface area contributed by atoms with E-state index < -0.39 is 15.9 Å². The molecule has 0 saturated heterocycles. The molecular weight excluding hydrogens is 426 g/mol. The Bertz CT molecular complexity index is 1060. The fourth-order valence-electron chi connectivity index (χ4n) is 2.59. The predicted molar refractivity (Wildman–Crippen MR) is 115 cm³/mol. The van der Waals surface area contributed by atoms with Crippen LogP contribution in [0.1, 0.15) is 0 Å². The molecule has 0 radical (unpaired) electrons. The molecule has 3 aromatic rings. The smallest absolute Gasteiger partial charge is 0.266 e. The molecule has 2 aromatic carbocycles. The van der Waals surface area contributed by atoms with E-state index in [0.29, 0.717) is 11.5 Å². The van der Waals surface area contributed by atoms with Crippen molar-refractivity contribution >= 4 is 32.4 Å². The number of rotatable bonds is 10. The van der Waals surface area contributed by atoms with E-state index in [2.05, 4.69) is 10.3 Å². The number of nitrogens with zero attached hydrogens (tertiary/aromatic N) is 2. The number of nitrogens with one attached hydrogen (secondary N) is 1. The number of carbonyl (C=O) groups excluding carboxylic acids is 1. The highest BCUT2D eigenvalue weighted by atomic mass is 32.2. The van der Waals surface area contributed by atoms with Crippen LogP contribution in [0.5, 0.6) is 11.5 Å². The van der Waals surface area contributed by atoms with E-state index in [9.17, 15) is 13.2 Å². The summed E-state index contributed by atoms with van der Waals surface area (Å²) in [7, 11) is -2.38. The zero-order chi connectivity index (χ0) is 21.4. The van der Waals surface area contributed by atoms with Gasteiger partial charge in [0.15, 0.2) is 16.6 Å². The molecular formula is C20H21N3O5S2. The molecule has 8 nitrogen and oxygen atoms in total. The molecule has 158 valence electrons. The lowest BCUT2D eigenvalue weighted by atomic mass is 10.3. The number of thiazole rings is 1. The van der Waals surface area contributed by atoms with Crippen molar-refractivity contribution in [1.82, 2.24) is 10.3 Å². The zero-order valence-corrected chi connectivity index (χ0v) is 17.9. The van der Waals surface area contributed by atoms with E-state index >= 15 is 0 Å². The zero-order valence-electron chi connectivity index (χ0n) is 16.2. The van der Waals surface area contributed by atoms with Gasteiger partial charge in [0, 0.05) is 11.6 Å². The third-order valence-corrected chi connectivity index (χ3v) is 6.66. The molecule has 0 bridgehead atoms. The largest absolute Gasteiger partial charge is 0.493 e. The van der Waals surface area contributed by atoms with Crippen LogP contribution in [0.4, 0.5) is 5.13 Å². The average Bonchev–Trinajstić information content (AvgIpc) is 3.30. The first-order valence-electron chi connectivity index (χ1n) is 9.02. The number of methoxy groups -OCH3 is 1. The molecule has 0 aliphatic carbocycles. The van der Waals surface area contributed by atoms with Gasteiger partial charge in [0.05, 0.1) is 18.6 Å². The van der Waals surface area contributed by atoms with Crippen molar-refractivity contribution in [2.24, 2.45) is 0 Å². The summed E-state index contributed by atoms with van der Waals surface area (Å²) in [5.74, 6) is 0.686. The molecule has 1 amide bonds. The van der Waals surface area contributed by atoms with E-state index in [1.54, 1.807) is 42.8 Å². The van der Waals surface area contributed by atoms with Crippen molar-refractivity contribution in [3.63, 3.8) is 0 Å². The highest BCUT2D eigenvalue weighted by molar-refractivity contribution is 7.93. The summed E-state index contributed by atoms with van der Waals surface area (Å²) in [4.78, 5) is 16.6. The molecule has 0 unspecified atom stereocenters. The Kier molecular flexibility index (Phi) is 7.26. The Balaban J connectivity index is 1.62. The maximum absolute atomic E-state index is 13.0. The molecule has 0 saturated carbocycles. The van der Waals surface area contributed by atoms with Gasteiger partial charge in [-0.2, -0.15) is 0 Å². The summed E-state index contributed by atoms with van der Waals surface area (Å²) in [6.07, 6.45) is 1.49. The molecule has 0 fully saturated rings. The fraction of sp³-hybridized carbons (Fsp3) is 0.200. The third-order valence-electron chi connectivity index (χ3n) is 4.00. The van der Waals surface area contributed by atoms with Crippen LogP contribution in [0.3, 0.4) is 0 Å². The summed E-state index contributed by atoms with van der Waals surface area (Å²) < 4.78 is 37.9. The number of ether oxygens (including phenoxy) is 2.